The first-order valence-corrected chi connectivity index (χ1v) is 10.3. The monoisotopic (exact) mass is 387 g/mol. The van der Waals surface area contributed by atoms with Gasteiger partial charge in [-0.05, 0) is 73.9 Å². The number of benzene rings is 2. The molecule has 29 heavy (non-hydrogen) atoms. The van der Waals surface area contributed by atoms with Crippen LogP contribution in [0.25, 0.3) is 0 Å². The summed E-state index contributed by atoms with van der Waals surface area (Å²) in [5.74, 6) is 0.624. The normalized spacial score (nSPS) is 16.9. The molecule has 148 valence electrons. The van der Waals surface area contributed by atoms with E-state index >= 15 is 0 Å². The Morgan fingerprint density at radius 1 is 1.03 bits per heavy atom. The maximum Gasteiger partial charge on any atom is 0.253 e. The average Bonchev–Trinajstić information content (AvgIpc) is 3.60. The van der Waals surface area contributed by atoms with Gasteiger partial charge in [0, 0.05) is 30.3 Å². The molecule has 0 aromatic heterocycles. The smallest absolute Gasteiger partial charge is 0.253 e. The molecule has 0 unspecified atom stereocenters. The van der Waals surface area contributed by atoms with Crippen LogP contribution in [0.1, 0.15) is 58.6 Å². The molecule has 1 aliphatic heterocycles. The molecule has 5 heteroatoms. The Morgan fingerprint density at radius 3 is 2.34 bits per heavy atom. The molecule has 0 bridgehead atoms. The molecule has 5 nitrogen and oxygen atoms in total. The topological polar surface area (TPSA) is 73.2 Å². The average molecular weight is 387 g/mol. The predicted molar refractivity (Wildman–Crippen MR) is 112 cm³/mol. The maximum absolute atomic E-state index is 13.0. The zero-order chi connectivity index (χ0) is 20.4. The van der Waals surface area contributed by atoms with Gasteiger partial charge in [0.05, 0.1) is 11.6 Å². The van der Waals surface area contributed by atoms with Crippen molar-refractivity contribution >= 4 is 17.5 Å². The number of hydrogen-bond donors (Lipinski definition) is 1. The van der Waals surface area contributed by atoms with Crippen LogP contribution in [0.15, 0.2) is 42.5 Å². The van der Waals surface area contributed by atoms with Crippen molar-refractivity contribution in [2.45, 2.75) is 38.5 Å². The third kappa shape index (κ3) is 4.32. The second kappa shape index (κ2) is 8.08. The van der Waals surface area contributed by atoms with Crippen LogP contribution in [0.3, 0.4) is 0 Å². The van der Waals surface area contributed by atoms with Gasteiger partial charge < -0.3 is 10.2 Å². The third-order valence-corrected chi connectivity index (χ3v) is 5.98. The van der Waals surface area contributed by atoms with Crippen molar-refractivity contribution in [2.24, 2.45) is 5.92 Å². The highest BCUT2D eigenvalue weighted by molar-refractivity contribution is 5.98. The molecule has 2 aliphatic rings. The van der Waals surface area contributed by atoms with Gasteiger partial charge in [-0.15, -0.1) is 0 Å². The fraction of sp³-hybridized carbons (Fsp3) is 0.375. The van der Waals surface area contributed by atoms with Gasteiger partial charge in [0.2, 0.25) is 5.91 Å². The van der Waals surface area contributed by atoms with Gasteiger partial charge in [0.15, 0.2) is 0 Å². The van der Waals surface area contributed by atoms with Crippen LogP contribution in [0, 0.1) is 24.2 Å². The summed E-state index contributed by atoms with van der Waals surface area (Å²) in [6.07, 6.45) is 3.74. The number of carbonyl (C=O) groups is 2. The van der Waals surface area contributed by atoms with E-state index in [0.29, 0.717) is 30.1 Å². The van der Waals surface area contributed by atoms with Gasteiger partial charge in [-0.3, -0.25) is 9.59 Å². The number of nitrogens with zero attached hydrogens (tertiary/aromatic N) is 2. The highest BCUT2D eigenvalue weighted by Crippen LogP contribution is 2.32. The number of amides is 2. The fourth-order valence-electron chi connectivity index (χ4n) is 3.90. The number of rotatable bonds is 4. The van der Waals surface area contributed by atoms with E-state index in [1.807, 2.05) is 54.3 Å². The highest BCUT2D eigenvalue weighted by atomic mass is 16.2. The summed E-state index contributed by atoms with van der Waals surface area (Å²) in [4.78, 5) is 27.0. The van der Waals surface area contributed by atoms with Gasteiger partial charge >= 0.3 is 0 Å². The standard InChI is InChI=1S/C24H25N3O2/c1-16-2-5-21(14-22(16)26-23(28)20-8-9-20)24(29)27-12-10-19(11-13-27)18-6-3-17(15-25)4-7-18/h2-7,14,19-20H,8-13H2,1H3,(H,26,28). The lowest BCUT2D eigenvalue weighted by Crippen LogP contribution is -2.38. The van der Waals surface area contributed by atoms with Crippen molar-refractivity contribution in [3.05, 3.63) is 64.7 Å². The van der Waals surface area contributed by atoms with E-state index in [1.54, 1.807) is 0 Å². The quantitative estimate of drug-likeness (QED) is 0.853. The van der Waals surface area contributed by atoms with Crippen molar-refractivity contribution < 1.29 is 9.59 Å². The SMILES string of the molecule is Cc1ccc(C(=O)N2CCC(c3ccc(C#N)cc3)CC2)cc1NC(=O)C1CC1. The molecule has 1 heterocycles. The molecular weight excluding hydrogens is 362 g/mol. The second-order valence-corrected chi connectivity index (χ2v) is 8.09. The number of nitriles is 1. The Bertz CT molecular complexity index is 963. The molecule has 1 saturated carbocycles. The van der Waals surface area contributed by atoms with Gasteiger partial charge in [-0.25, -0.2) is 0 Å². The van der Waals surface area contributed by atoms with Crippen LogP contribution in [0.5, 0.6) is 0 Å². The molecule has 2 aromatic carbocycles. The van der Waals surface area contributed by atoms with Crippen molar-refractivity contribution in [2.75, 3.05) is 18.4 Å². The molecule has 0 radical (unpaired) electrons. The zero-order valence-corrected chi connectivity index (χ0v) is 16.6. The van der Waals surface area contributed by atoms with Crippen LogP contribution in [-0.4, -0.2) is 29.8 Å². The molecule has 4 rings (SSSR count). The summed E-state index contributed by atoms with van der Waals surface area (Å²) in [6.45, 7) is 3.36. The number of nitrogens with one attached hydrogen (secondary N) is 1. The minimum absolute atomic E-state index is 0.0187. The Balaban J connectivity index is 1.40. The lowest BCUT2D eigenvalue weighted by Gasteiger charge is -2.32. The van der Waals surface area contributed by atoms with Gasteiger partial charge in [0.1, 0.15) is 0 Å². The third-order valence-electron chi connectivity index (χ3n) is 5.98. The number of hydrogen-bond acceptors (Lipinski definition) is 3. The van der Waals surface area contributed by atoms with E-state index in [-0.39, 0.29) is 17.7 Å². The van der Waals surface area contributed by atoms with Crippen LogP contribution < -0.4 is 5.32 Å². The number of carbonyl (C=O) groups excluding carboxylic acids is 2. The second-order valence-electron chi connectivity index (χ2n) is 8.09. The molecule has 1 saturated heterocycles. The van der Waals surface area contributed by atoms with E-state index in [9.17, 15) is 9.59 Å². The molecule has 1 N–H and O–H groups in total. The zero-order valence-electron chi connectivity index (χ0n) is 16.6. The van der Waals surface area contributed by atoms with E-state index in [4.69, 9.17) is 5.26 Å². The Labute approximate surface area is 171 Å². The lowest BCUT2D eigenvalue weighted by molar-refractivity contribution is -0.117. The minimum Gasteiger partial charge on any atom is -0.339 e. The van der Waals surface area contributed by atoms with E-state index in [0.717, 1.165) is 36.9 Å². The van der Waals surface area contributed by atoms with E-state index in [2.05, 4.69) is 11.4 Å². The number of aryl methyl sites for hydroxylation is 1. The summed E-state index contributed by atoms with van der Waals surface area (Å²) in [7, 11) is 0. The summed E-state index contributed by atoms with van der Waals surface area (Å²) in [6, 6.07) is 15.5. The van der Waals surface area contributed by atoms with E-state index < -0.39 is 0 Å². The Kier molecular flexibility index (Phi) is 5.35. The predicted octanol–water partition coefficient (Wildman–Crippen LogP) is 4.24. The first kappa shape index (κ1) is 19.2. The van der Waals surface area contributed by atoms with Crippen LogP contribution in [0.2, 0.25) is 0 Å². The summed E-state index contributed by atoms with van der Waals surface area (Å²) in [5, 5.41) is 11.9. The lowest BCUT2D eigenvalue weighted by atomic mass is 9.89. The molecule has 2 fully saturated rings. The molecule has 2 amide bonds. The van der Waals surface area contributed by atoms with Gasteiger partial charge in [-0.2, -0.15) is 5.26 Å². The maximum atomic E-state index is 13.0. The molecule has 0 atom stereocenters. The Morgan fingerprint density at radius 2 is 1.72 bits per heavy atom. The van der Waals surface area contributed by atoms with Gasteiger partial charge in [-0.1, -0.05) is 18.2 Å². The Hall–Kier alpha value is -3.13. The number of likely N-dealkylation sites (tertiary alicyclic amines) is 1. The van der Waals surface area contributed by atoms with Crippen molar-refractivity contribution in [1.82, 2.24) is 4.90 Å². The van der Waals surface area contributed by atoms with Crippen molar-refractivity contribution in [3.8, 4) is 6.07 Å². The largest absolute Gasteiger partial charge is 0.339 e. The fourth-order valence-corrected chi connectivity index (χ4v) is 3.90. The van der Waals surface area contributed by atoms with Crippen LogP contribution >= 0.6 is 0 Å². The number of anilines is 1. The van der Waals surface area contributed by atoms with Crippen molar-refractivity contribution in [3.63, 3.8) is 0 Å². The molecule has 2 aromatic rings. The first-order valence-electron chi connectivity index (χ1n) is 10.3. The first-order chi connectivity index (χ1) is 14.0. The van der Waals surface area contributed by atoms with Crippen LogP contribution in [-0.2, 0) is 4.79 Å². The molecule has 1 aliphatic carbocycles. The summed E-state index contributed by atoms with van der Waals surface area (Å²) < 4.78 is 0. The number of piperidine rings is 1. The minimum atomic E-state index is 0.0187. The summed E-state index contributed by atoms with van der Waals surface area (Å²) in [5.41, 5.74) is 4.23. The van der Waals surface area contributed by atoms with E-state index in [1.165, 1.54) is 5.56 Å². The molecular formula is C24H25N3O2. The summed E-state index contributed by atoms with van der Waals surface area (Å²) >= 11 is 0. The molecule has 0 spiro atoms. The van der Waals surface area contributed by atoms with Crippen molar-refractivity contribution in [1.29, 1.82) is 5.26 Å². The van der Waals surface area contributed by atoms with Gasteiger partial charge in [0.25, 0.3) is 5.91 Å². The van der Waals surface area contributed by atoms with Crippen LogP contribution in [0.4, 0.5) is 5.69 Å². The highest BCUT2D eigenvalue weighted by Gasteiger charge is 2.30.